The first-order valence-corrected chi connectivity index (χ1v) is 6.45. The molecule has 2 aromatic rings. The summed E-state index contributed by atoms with van der Waals surface area (Å²) in [5, 5.41) is 13.5. The topological polar surface area (TPSA) is 68.4 Å². The molecule has 0 aliphatic rings. The average Bonchev–Trinajstić information content (AvgIpc) is 2.84. The molecule has 6 heteroatoms. The molecule has 0 bridgehead atoms. The number of benzene rings is 1. The van der Waals surface area contributed by atoms with E-state index in [2.05, 4.69) is 10.1 Å². The standard InChI is InChI=1S/C13H15ClN2O3/c1-2-4-13-15-12(16-19-13)8-18-11-6-3-5-10(14)9(11)7-17/h3,5-6,17H,2,4,7-8H2,1H3. The number of hydrogen-bond acceptors (Lipinski definition) is 5. The highest BCUT2D eigenvalue weighted by molar-refractivity contribution is 6.31. The molecule has 0 atom stereocenters. The second-order valence-corrected chi connectivity index (χ2v) is 4.42. The SMILES string of the molecule is CCCc1nc(COc2cccc(Cl)c2CO)no1. The van der Waals surface area contributed by atoms with Gasteiger partial charge in [-0.2, -0.15) is 4.98 Å². The van der Waals surface area contributed by atoms with Crippen LogP contribution in [0, 0.1) is 0 Å². The third-order valence-corrected chi connectivity index (χ3v) is 2.92. The summed E-state index contributed by atoms with van der Waals surface area (Å²) >= 11 is 5.97. The molecule has 0 aliphatic carbocycles. The summed E-state index contributed by atoms with van der Waals surface area (Å²) < 4.78 is 10.6. The maximum Gasteiger partial charge on any atom is 0.226 e. The molecule has 1 aromatic heterocycles. The largest absolute Gasteiger partial charge is 0.485 e. The Kier molecular flexibility index (Phi) is 4.76. The highest BCUT2D eigenvalue weighted by Crippen LogP contribution is 2.26. The molecule has 0 amide bonds. The molecular formula is C13H15ClN2O3. The van der Waals surface area contributed by atoms with Gasteiger partial charge >= 0.3 is 0 Å². The summed E-state index contributed by atoms with van der Waals surface area (Å²) in [5.74, 6) is 1.61. The van der Waals surface area contributed by atoms with Gasteiger partial charge in [0.2, 0.25) is 11.7 Å². The minimum Gasteiger partial charge on any atom is -0.485 e. The molecule has 5 nitrogen and oxygen atoms in total. The van der Waals surface area contributed by atoms with Crippen molar-refractivity contribution in [3.8, 4) is 5.75 Å². The van der Waals surface area contributed by atoms with Crippen molar-refractivity contribution in [2.75, 3.05) is 0 Å². The van der Waals surface area contributed by atoms with E-state index >= 15 is 0 Å². The van der Waals surface area contributed by atoms with Crippen molar-refractivity contribution < 1.29 is 14.4 Å². The molecular weight excluding hydrogens is 268 g/mol. The van der Waals surface area contributed by atoms with Gasteiger partial charge in [0.1, 0.15) is 5.75 Å². The first-order valence-electron chi connectivity index (χ1n) is 6.07. The number of aliphatic hydroxyl groups is 1. The summed E-state index contributed by atoms with van der Waals surface area (Å²) in [5.41, 5.74) is 0.557. The molecule has 2 rings (SSSR count). The Bertz CT molecular complexity index is 542. The molecule has 0 aliphatic heterocycles. The van der Waals surface area contributed by atoms with Gasteiger partial charge in [0.25, 0.3) is 0 Å². The Morgan fingerprint density at radius 1 is 1.42 bits per heavy atom. The van der Waals surface area contributed by atoms with Gasteiger partial charge in [0, 0.05) is 17.0 Å². The van der Waals surface area contributed by atoms with Crippen LogP contribution in [0.4, 0.5) is 0 Å². The Morgan fingerprint density at radius 2 is 2.26 bits per heavy atom. The van der Waals surface area contributed by atoms with E-state index in [0.29, 0.717) is 28.1 Å². The average molecular weight is 283 g/mol. The second kappa shape index (κ2) is 6.54. The zero-order chi connectivity index (χ0) is 13.7. The van der Waals surface area contributed by atoms with Crippen LogP contribution in [-0.2, 0) is 19.6 Å². The van der Waals surface area contributed by atoms with Crippen LogP contribution < -0.4 is 4.74 Å². The molecule has 102 valence electrons. The zero-order valence-corrected chi connectivity index (χ0v) is 11.4. The van der Waals surface area contributed by atoms with Gasteiger partial charge in [-0.25, -0.2) is 0 Å². The molecule has 0 saturated heterocycles. The van der Waals surface area contributed by atoms with Gasteiger partial charge in [-0.05, 0) is 18.6 Å². The van der Waals surface area contributed by atoms with E-state index in [-0.39, 0.29) is 13.2 Å². The van der Waals surface area contributed by atoms with Crippen molar-refractivity contribution in [2.24, 2.45) is 0 Å². The molecule has 1 N–H and O–H groups in total. The molecule has 1 heterocycles. The fourth-order valence-corrected chi connectivity index (χ4v) is 1.86. The fourth-order valence-electron chi connectivity index (χ4n) is 1.63. The molecule has 0 radical (unpaired) electrons. The first kappa shape index (κ1) is 13.8. The highest BCUT2D eigenvalue weighted by atomic mass is 35.5. The second-order valence-electron chi connectivity index (χ2n) is 4.02. The van der Waals surface area contributed by atoms with Crippen LogP contribution in [0.25, 0.3) is 0 Å². The van der Waals surface area contributed by atoms with Crippen molar-refractivity contribution in [2.45, 2.75) is 33.0 Å². The Morgan fingerprint density at radius 3 is 3.00 bits per heavy atom. The van der Waals surface area contributed by atoms with Crippen LogP contribution in [0.1, 0.15) is 30.6 Å². The van der Waals surface area contributed by atoms with Gasteiger partial charge in [-0.3, -0.25) is 0 Å². The number of hydrogen-bond donors (Lipinski definition) is 1. The minimum atomic E-state index is -0.178. The predicted molar refractivity (Wildman–Crippen MR) is 70.0 cm³/mol. The van der Waals surface area contributed by atoms with Crippen molar-refractivity contribution in [1.82, 2.24) is 10.1 Å². The highest BCUT2D eigenvalue weighted by Gasteiger charge is 2.10. The summed E-state index contributed by atoms with van der Waals surface area (Å²) in [6.07, 6.45) is 1.71. The van der Waals surface area contributed by atoms with Crippen molar-refractivity contribution in [3.05, 3.63) is 40.5 Å². The normalized spacial score (nSPS) is 10.7. The molecule has 0 unspecified atom stereocenters. The Balaban J connectivity index is 2.03. The van der Waals surface area contributed by atoms with E-state index in [1.807, 2.05) is 6.92 Å². The van der Waals surface area contributed by atoms with E-state index < -0.39 is 0 Å². The molecule has 0 saturated carbocycles. The molecule has 19 heavy (non-hydrogen) atoms. The van der Waals surface area contributed by atoms with Crippen molar-refractivity contribution in [1.29, 1.82) is 0 Å². The molecule has 1 aromatic carbocycles. The summed E-state index contributed by atoms with van der Waals surface area (Å²) in [6, 6.07) is 5.20. The van der Waals surface area contributed by atoms with Crippen LogP contribution in [-0.4, -0.2) is 15.2 Å². The zero-order valence-electron chi connectivity index (χ0n) is 10.6. The summed E-state index contributed by atoms with van der Waals surface area (Å²) in [7, 11) is 0. The lowest BCUT2D eigenvalue weighted by Gasteiger charge is -2.09. The third-order valence-electron chi connectivity index (χ3n) is 2.56. The first-order chi connectivity index (χ1) is 9.24. The Labute approximate surface area is 116 Å². The van der Waals surface area contributed by atoms with Gasteiger partial charge < -0.3 is 14.4 Å². The summed E-state index contributed by atoms with van der Waals surface area (Å²) in [6.45, 7) is 2.04. The van der Waals surface area contributed by atoms with Crippen molar-refractivity contribution in [3.63, 3.8) is 0 Å². The van der Waals surface area contributed by atoms with Gasteiger partial charge in [-0.15, -0.1) is 0 Å². The van der Waals surface area contributed by atoms with Crippen LogP contribution in [0.5, 0.6) is 5.75 Å². The number of ether oxygens (including phenoxy) is 1. The molecule has 0 spiro atoms. The number of aliphatic hydroxyl groups excluding tert-OH is 1. The van der Waals surface area contributed by atoms with Crippen LogP contribution in [0.2, 0.25) is 5.02 Å². The van der Waals surface area contributed by atoms with Crippen molar-refractivity contribution >= 4 is 11.6 Å². The van der Waals surface area contributed by atoms with E-state index in [0.717, 1.165) is 12.8 Å². The van der Waals surface area contributed by atoms with E-state index in [4.69, 9.17) is 20.9 Å². The maximum absolute atomic E-state index is 9.26. The van der Waals surface area contributed by atoms with Crippen LogP contribution in [0.3, 0.4) is 0 Å². The van der Waals surface area contributed by atoms with E-state index in [1.54, 1.807) is 18.2 Å². The Hall–Kier alpha value is -1.59. The number of rotatable bonds is 6. The van der Waals surface area contributed by atoms with Gasteiger partial charge in [-0.1, -0.05) is 29.7 Å². The van der Waals surface area contributed by atoms with Crippen LogP contribution >= 0.6 is 11.6 Å². The van der Waals surface area contributed by atoms with E-state index in [9.17, 15) is 5.11 Å². The maximum atomic E-state index is 9.26. The number of halogens is 1. The van der Waals surface area contributed by atoms with Gasteiger partial charge in [0.15, 0.2) is 6.61 Å². The van der Waals surface area contributed by atoms with Crippen LogP contribution in [0.15, 0.2) is 22.7 Å². The number of aryl methyl sites for hydroxylation is 1. The third kappa shape index (κ3) is 3.45. The number of nitrogens with zero attached hydrogens (tertiary/aromatic N) is 2. The lowest BCUT2D eigenvalue weighted by atomic mass is 10.2. The lowest BCUT2D eigenvalue weighted by molar-refractivity contribution is 0.253. The molecule has 0 fully saturated rings. The number of aromatic nitrogens is 2. The quantitative estimate of drug-likeness (QED) is 0.882. The monoisotopic (exact) mass is 282 g/mol. The predicted octanol–water partition coefficient (Wildman–Crippen LogP) is 2.75. The van der Waals surface area contributed by atoms with E-state index in [1.165, 1.54) is 0 Å². The lowest BCUT2D eigenvalue weighted by Crippen LogP contribution is -2.01. The van der Waals surface area contributed by atoms with Gasteiger partial charge in [0.05, 0.1) is 6.61 Å². The summed E-state index contributed by atoms with van der Waals surface area (Å²) in [4.78, 5) is 4.19. The fraction of sp³-hybridized carbons (Fsp3) is 0.385. The smallest absolute Gasteiger partial charge is 0.226 e. The minimum absolute atomic E-state index is 0.178.